The number of thioether (sulfide) groups is 1. The van der Waals surface area contributed by atoms with Crippen molar-refractivity contribution in [1.82, 2.24) is 19.2 Å². The summed E-state index contributed by atoms with van der Waals surface area (Å²) < 4.78 is 8.70. The summed E-state index contributed by atoms with van der Waals surface area (Å²) in [5.41, 5.74) is 5.83. The minimum atomic E-state index is -0.535. The second-order valence-corrected chi connectivity index (χ2v) is 8.43. The van der Waals surface area contributed by atoms with E-state index in [1.165, 1.54) is 32.2 Å². The SMILES string of the molecule is CSc1nn(CC(N)=O)c2nc3sc4c(c3c(=O)n12)CC(C)(C)OC4. The Morgan fingerprint density at radius 3 is 2.92 bits per heavy atom. The topological polar surface area (TPSA) is 105 Å². The first-order chi connectivity index (χ1) is 11.8. The van der Waals surface area contributed by atoms with E-state index in [4.69, 9.17) is 10.5 Å². The number of carbonyl (C=O) groups is 1. The Labute approximate surface area is 151 Å². The van der Waals surface area contributed by atoms with Gasteiger partial charge in [0.2, 0.25) is 11.7 Å². The van der Waals surface area contributed by atoms with Gasteiger partial charge in [0.05, 0.1) is 17.6 Å². The first-order valence-electron chi connectivity index (χ1n) is 7.71. The Balaban J connectivity index is 2.06. The van der Waals surface area contributed by atoms with Crippen LogP contribution in [0.4, 0.5) is 0 Å². The third-order valence-corrected chi connectivity index (χ3v) is 5.93. The fourth-order valence-corrected chi connectivity index (χ4v) is 4.72. The molecule has 1 aliphatic rings. The van der Waals surface area contributed by atoms with Crippen LogP contribution < -0.4 is 11.3 Å². The van der Waals surface area contributed by atoms with Crippen molar-refractivity contribution in [2.24, 2.45) is 5.73 Å². The molecule has 132 valence electrons. The largest absolute Gasteiger partial charge is 0.370 e. The molecule has 1 amide bonds. The third kappa shape index (κ3) is 2.55. The van der Waals surface area contributed by atoms with Gasteiger partial charge in [0, 0.05) is 11.3 Å². The van der Waals surface area contributed by atoms with Crippen molar-refractivity contribution < 1.29 is 9.53 Å². The molecule has 0 aromatic carbocycles. The summed E-state index contributed by atoms with van der Waals surface area (Å²) in [6.07, 6.45) is 2.49. The summed E-state index contributed by atoms with van der Waals surface area (Å²) in [6, 6.07) is 0. The van der Waals surface area contributed by atoms with E-state index in [9.17, 15) is 9.59 Å². The number of rotatable bonds is 3. The number of hydrogen-bond donors (Lipinski definition) is 1. The smallest absolute Gasteiger partial charge is 0.270 e. The van der Waals surface area contributed by atoms with Gasteiger partial charge in [-0.2, -0.15) is 0 Å². The highest BCUT2D eigenvalue weighted by molar-refractivity contribution is 7.98. The van der Waals surface area contributed by atoms with Crippen LogP contribution in [0.3, 0.4) is 0 Å². The molecule has 2 N–H and O–H groups in total. The van der Waals surface area contributed by atoms with Crippen molar-refractivity contribution in [2.45, 2.75) is 44.2 Å². The monoisotopic (exact) mass is 379 g/mol. The van der Waals surface area contributed by atoms with Gasteiger partial charge in [-0.1, -0.05) is 11.8 Å². The molecular formula is C15H17N5O3S2. The molecule has 3 aromatic rings. The molecule has 0 atom stereocenters. The molecule has 4 heterocycles. The van der Waals surface area contributed by atoms with E-state index in [1.54, 1.807) is 0 Å². The normalized spacial score (nSPS) is 16.4. The molecule has 0 radical (unpaired) electrons. The quantitative estimate of drug-likeness (QED) is 0.685. The molecule has 4 rings (SSSR count). The zero-order valence-corrected chi connectivity index (χ0v) is 15.7. The number of nitrogens with zero attached hydrogens (tertiary/aromatic N) is 4. The number of thiophene rings is 1. The molecule has 0 bridgehead atoms. The van der Waals surface area contributed by atoms with E-state index in [1.807, 2.05) is 20.1 Å². The average molecular weight is 379 g/mol. The molecule has 10 heteroatoms. The summed E-state index contributed by atoms with van der Waals surface area (Å²) >= 11 is 2.79. The van der Waals surface area contributed by atoms with Crippen LogP contribution in [0, 0.1) is 0 Å². The standard InChI is InChI=1S/C15H17N5O3S2/c1-15(2)4-7-8(6-23-15)25-11-10(7)12(22)20-13(17-11)19(5-9(16)21)18-14(20)24-3/h4-6H2,1-3H3,(H2,16,21). The predicted octanol–water partition coefficient (Wildman–Crippen LogP) is 1.16. The van der Waals surface area contributed by atoms with E-state index in [2.05, 4.69) is 10.1 Å². The summed E-state index contributed by atoms with van der Waals surface area (Å²) in [6.45, 7) is 4.39. The fourth-order valence-electron chi connectivity index (χ4n) is 3.11. The number of hydrogen-bond acceptors (Lipinski definition) is 7. The van der Waals surface area contributed by atoms with Gasteiger partial charge >= 0.3 is 0 Å². The molecule has 0 saturated carbocycles. The maximum atomic E-state index is 13.2. The van der Waals surface area contributed by atoms with E-state index in [0.29, 0.717) is 34.2 Å². The van der Waals surface area contributed by atoms with Gasteiger partial charge in [-0.05, 0) is 25.7 Å². The number of fused-ring (bicyclic) bond motifs is 4. The molecule has 8 nitrogen and oxygen atoms in total. The van der Waals surface area contributed by atoms with Crippen molar-refractivity contribution in [3.63, 3.8) is 0 Å². The molecule has 25 heavy (non-hydrogen) atoms. The lowest BCUT2D eigenvalue weighted by molar-refractivity contribution is -0.118. The molecule has 0 spiro atoms. The van der Waals surface area contributed by atoms with Crippen LogP contribution in [0.5, 0.6) is 0 Å². The Kier molecular flexibility index (Phi) is 3.67. The lowest BCUT2D eigenvalue weighted by Crippen LogP contribution is -2.31. The maximum Gasteiger partial charge on any atom is 0.270 e. The van der Waals surface area contributed by atoms with Gasteiger partial charge in [0.1, 0.15) is 11.4 Å². The average Bonchev–Trinajstić information content (AvgIpc) is 3.04. The second kappa shape index (κ2) is 5.55. The van der Waals surface area contributed by atoms with Crippen LogP contribution >= 0.6 is 23.1 Å². The molecule has 3 aromatic heterocycles. The van der Waals surface area contributed by atoms with Crippen molar-refractivity contribution in [3.05, 3.63) is 20.8 Å². The van der Waals surface area contributed by atoms with Gasteiger partial charge < -0.3 is 10.5 Å². The number of ether oxygens (including phenoxy) is 1. The van der Waals surface area contributed by atoms with Crippen LogP contribution in [-0.2, 0) is 29.1 Å². The van der Waals surface area contributed by atoms with E-state index < -0.39 is 5.91 Å². The second-order valence-electron chi connectivity index (χ2n) is 6.57. The van der Waals surface area contributed by atoms with Crippen LogP contribution in [0.15, 0.2) is 9.95 Å². The minimum absolute atomic E-state index is 0.122. The van der Waals surface area contributed by atoms with Crippen LogP contribution in [-0.4, -0.2) is 36.9 Å². The minimum Gasteiger partial charge on any atom is -0.370 e. The summed E-state index contributed by atoms with van der Waals surface area (Å²) in [7, 11) is 0. The maximum absolute atomic E-state index is 13.2. The molecule has 0 unspecified atom stereocenters. The number of carbonyl (C=O) groups excluding carboxylic acids is 1. The van der Waals surface area contributed by atoms with Crippen LogP contribution in [0.2, 0.25) is 0 Å². The van der Waals surface area contributed by atoms with Crippen LogP contribution in [0.25, 0.3) is 16.0 Å². The molecular weight excluding hydrogens is 362 g/mol. The first kappa shape index (κ1) is 16.6. The summed E-state index contributed by atoms with van der Waals surface area (Å²) in [5, 5.41) is 5.43. The van der Waals surface area contributed by atoms with E-state index in [-0.39, 0.29) is 17.7 Å². The van der Waals surface area contributed by atoms with E-state index >= 15 is 0 Å². The molecule has 0 aliphatic carbocycles. The lowest BCUT2D eigenvalue weighted by Gasteiger charge is -2.29. The molecule has 0 saturated heterocycles. The van der Waals surface area contributed by atoms with E-state index in [0.717, 1.165) is 10.4 Å². The summed E-state index contributed by atoms with van der Waals surface area (Å²) in [5.74, 6) is -0.202. The summed E-state index contributed by atoms with van der Waals surface area (Å²) in [4.78, 5) is 30.8. The zero-order valence-electron chi connectivity index (χ0n) is 14.0. The highest BCUT2D eigenvalue weighted by Gasteiger charge is 2.31. The van der Waals surface area contributed by atoms with Crippen molar-refractivity contribution in [3.8, 4) is 0 Å². The Morgan fingerprint density at radius 2 is 2.24 bits per heavy atom. The van der Waals surface area contributed by atoms with Crippen molar-refractivity contribution >= 4 is 45.0 Å². The van der Waals surface area contributed by atoms with Gasteiger partial charge in [-0.15, -0.1) is 16.4 Å². The van der Waals surface area contributed by atoms with Crippen molar-refractivity contribution in [1.29, 1.82) is 0 Å². The van der Waals surface area contributed by atoms with Gasteiger partial charge in [0.25, 0.3) is 5.56 Å². The van der Waals surface area contributed by atoms with Gasteiger partial charge in [0.15, 0.2) is 5.16 Å². The Hall–Kier alpha value is -1.91. The van der Waals surface area contributed by atoms with Crippen molar-refractivity contribution in [2.75, 3.05) is 6.26 Å². The first-order valence-corrected chi connectivity index (χ1v) is 9.75. The number of primary amides is 1. The fraction of sp³-hybridized carbons (Fsp3) is 0.467. The number of amides is 1. The third-order valence-electron chi connectivity index (χ3n) is 4.20. The Morgan fingerprint density at radius 1 is 1.48 bits per heavy atom. The zero-order chi connectivity index (χ0) is 17.9. The predicted molar refractivity (Wildman–Crippen MR) is 96.2 cm³/mol. The molecule has 0 fully saturated rings. The molecule has 1 aliphatic heterocycles. The highest BCUT2D eigenvalue weighted by atomic mass is 32.2. The van der Waals surface area contributed by atoms with Crippen LogP contribution in [0.1, 0.15) is 24.3 Å². The lowest BCUT2D eigenvalue weighted by atomic mass is 9.94. The van der Waals surface area contributed by atoms with Gasteiger partial charge in [-0.25, -0.2) is 14.1 Å². The van der Waals surface area contributed by atoms with Gasteiger partial charge in [-0.3, -0.25) is 9.59 Å². The number of aromatic nitrogens is 4. The Bertz CT molecular complexity index is 1080. The number of nitrogens with two attached hydrogens (primary N) is 1. The highest BCUT2D eigenvalue weighted by Crippen LogP contribution is 2.37.